The maximum absolute atomic E-state index is 12.7. The minimum atomic E-state index is -4.49. The van der Waals surface area contributed by atoms with Crippen molar-refractivity contribution in [2.24, 2.45) is 0 Å². The Morgan fingerprint density at radius 2 is 1.96 bits per heavy atom. The van der Waals surface area contributed by atoms with Crippen molar-refractivity contribution in [3.8, 4) is 11.5 Å². The molecule has 0 fully saturated rings. The highest BCUT2D eigenvalue weighted by Gasteiger charge is 2.31. The van der Waals surface area contributed by atoms with Gasteiger partial charge in [0, 0.05) is 24.3 Å². The summed E-state index contributed by atoms with van der Waals surface area (Å²) in [6.07, 6.45) is -0.981. The van der Waals surface area contributed by atoms with Crippen LogP contribution in [0.5, 0.6) is 0 Å². The predicted molar refractivity (Wildman–Crippen MR) is 76.9 cm³/mol. The van der Waals surface area contributed by atoms with Crippen LogP contribution in [0.4, 0.5) is 13.2 Å². The molecule has 3 aromatic heterocycles. The van der Waals surface area contributed by atoms with E-state index < -0.39 is 22.5 Å². The molecule has 1 atom stereocenters. The van der Waals surface area contributed by atoms with E-state index in [0.717, 1.165) is 6.07 Å². The molecular weight excluding hydrogens is 331 g/mol. The maximum Gasteiger partial charge on any atom is 0.417 e. The van der Waals surface area contributed by atoms with Crippen molar-refractivity contribution in [2.45, 2.75) is 18.1 Å². The van der Waals surface area contributed by atoms with Crippen molar-refractivity contribution in [3.63, 3.8) is 0 Å². The fraction of sp³-hybridized carbons (Fsp3) is 0.231. The molecule has 0 aliphatic heterocycles. The topological polar surface area (TPSA) is 84.4 Å². The summed E-state index contributed by atoms with van der Waals surface area (Å²) in [5.74, 6) is 0.513. The molecule has 23 heavy (non-hydrogen) atoms. The summed E-state index contributed by atoms with van der Waals surface area (Å²) in [6.45, 7) is 1.73. The Kier molecular flexibility index (Phi) is 3.84. The van der Waals surface area contributed by atoms with Crippen molar-refractivity contribution in [3.05, 3.63) is 30.2 Å². The highest BCUT2D eigenvalue weighted by Crippen LogP contribution is 2.30. The molecule has 3 rings (SSSR count). The summed E-state index contributed by atoms with van der Waals surface area (Å²) < 4.78 is 50.2. The Bertz CT molecular complexity index is 893. The third kappa shape index (κ3) is 2.93. The van der Waals surface area contributed by atoms with Crippen LogP contribution in [0.2, 0.25) is 0 Å². The van der Waals surface area contributed by atoms with Gasteiger partial charge in [-0.05, 0) is 6.07 Å². The maximum atomic E-state index is 12.7. The molecule has 0 bridgehead atoms. The van der Waals surface area contributed by atoms with E-state index in [-0.39, 0.29) is 27.7 Å². The number of aromatic amines is 1. The first-order valence-electron chi connectivity index (χ1n) is 6.53. The summed E-state index contributed by atoms with van der Waals surface area (Å²) in [5.41, 5.74) is -0.406. The monoisotopic (exact) mass is 341 g/mol. The molecule has 6 nitrogen and oxygen atoms in total. The van der Waals surface area contributed by atoms with E-state index in [0.29, 0.717) is 11.9 Å². The number of H-pyrrole nitrogens is 1. The van der Waals surface area contributed by atoms with Crippen LogP contribution in [0.25, 0.3) is 22.7 Å². The van der Waals surface area contributed by atoms with Crippen LogP contribution in [0, 0.1) is 0 Å². The van der Waals surface area contributed by atoms with Gasteiger partial charge < -0.3 is 4.98 Å². The molecule has 0 aliphatic carbocycles. The van der Waals surface area contributed by atoms with E-state index in [1.165, 1.54) is 12.4 Å². The summed E-state index contributed by atoms with van der Waals surface area (Å²) >= 11 is 0. The van der Waals surface area contributed by atoms with E-state index >= 15 is 0 Å². The lowest BCUT2D eigenvalue weighted by atomic mass is 10.2. The van der Waals surface area contributed by atoms with Gasteiger partial charge in [-0.3, -0.25) is 4.21 Å². The number of rotatable bonds is 3. The van der Waals surface area contributed by atoms with Crippen LogP contribution >= 0.6 is 0 Å². The van der Waals surface area contributed by atoms with Crippen LogP contribution in [-0.2, 0) is 17.0 Å². The van der Waals surface area contributed by atoms with Crippen LogP contribution < -0.4 is 0 Å². The highest BCUT2D eigenvalue weighted by molar-refractivity contribution is 7.85. The lowest BCUT2D eigenvalue weighted by Gasteiger charge is -2.04. The van der Waals surface area contributed by atoms with E-state index in [9.17, 15) is 17.4 Å². The Labute approximate surface area is 130 Å². The molecule has 0 saturated heterocycles. The Morgan fingerprint density at radius 1 is 1.22 bits per heavy atom. The number of aromatic nitrogens is 5. The lowest BCUT2D eigenvalue weighted by molar-refractivity contribution is -0.137. The Morgan fingerprint density at radius 3 is 2.65 bits per heavy atom. The summed E-state index contributed by atoms with van der Waals surface area (Å²) in [4.78, 5) is 18.7. The van der Waals surface area contributed by atoms with Gasteiger partial charge >= 0.3 is 6.18 Å². The van der Waals surface area contributed by atoms with Crippen molar-refractivity contribution in [1.29, 1.82) is 0 Å². The number of pyridine rings is 1. The molecular formula is C13H10F3N5OS. The fourth-order valence-electron chi connectivity index (χ4n) is 1.96. The summed E-state index contributed by atoms with van der Waals surface area (Å²) in [6, 6.07) is 0.922. The lowest BCUT2D eigenvalue weighted by Crippen LogP contribution is -2.05. The smallest absolute Gasteiger partial charge is 0.335 e. The van der Waals surface area contributed by atoms with Crippen LogP contribution in [0.1, 0.15) is 12.5 Å². The van der Waals surface area contributed by atoms with Gasteiger partial charge in [0.1, 0.15) is 5.69 Å². The Hall–Kier alpha value is -2.36. The van der Waals surface area contributed by atoms with Crippen molar-refractivity contribution in [1.82, 2.24) is 24.9 Å². The summed E-state index contributed by atoms with van der Waals surface area (Å²) in [7, 11) is -1.38. The third-order valence-corrected chi connectivity index (χ3v) is 4.29. The zero-order chi connectivity index (χ0) is 16.6. The molecule has 3 aromatic rings. The quantitative estimate of drug-likeness (QED) is 0.791. The number of hydrogen-bond donors (Lipinski definition) is 1. The molecule has 10 heteroatoms. The minimum absolute atomic E-state index is 0.117. The van der Waals surface area contributed by atoms with Gasteiger partial charge in [0.25, 0.3) is 0 Å². The van der Waals surface area contributed by atoms with Crippen molar-refractivity contribution in [2.75, 3.05) is 5.75 Å². The average Bonchev–Trinajstić information content (AvgIpc) is 2.96. The van der Waals surface area contributed by atoms with E-state index in [4.69, 9.17) is 0 Å². The van der Waals surface area contributed by atoms with Gasteiger partial charge in [0.05, 0.1) is 21.9 Å². The number of fused-ring (bicyclic) bond motifs is 1. The number of nitrogens with zero attached hydrogens (tertiary/aromatic N) is 4. The number of nitrogens with one attached hydrogen (secondary N) is 1. The van der Waals surface area contributed by atoms with Crippen LogP contribution in [0.15, 0.2) is 29.7 Å². The molecule has 0 saturated carbocycles. The number of halogens is 3. The third-order valence-electron chi connectivity index (χ3n) is 3.03. The van der Waals surface area contributed by atoms with Gasteiger partial charge in [-0.1, -0.05) is 6.92 Å². The zero-order valence-corrected chi connectivity index (χ0v) is 12.6. The molecule has 1 N–H and O–H groups in total. The molecule has 120 valence electrons. The van der Waals surface area contributed by atoms with Crippen molar-refractivity contribution >= 4 is 22.0 Å². The zero-order valence-electron chi connectivity index (χ0n) is 11.8. The second kappa shape index (κ2) is 5.69. The van der Waals surface area contributed by atoms with Crippen LogP contribution in [0.3, 0.4) is 0 Å². The predicted octanol–water partition coefficient (Wildman–Crippen LogP) is 2.56. The standard InChI is InChI=1S/C13H10F3N5OS/c1-2-23(22)12-9(17-3-4-18-12)11-20-8-5-7(13(14,15)16)6-19-10(8)21-11/h3-6H,2H2,1H3,(H,19,20,21). The fourth-order valence-corrected chi connectivity index (χ4v) is 2.78. The van der Waals surface area contributed by atoms with Gasteiger partial charge in [-0.2, -0.15) is 13.2 Å². The molecule has 0 aliphatic rings. The van der Waals surface area contributed by atoms with Gasteiger partial charge in [0.2, 0.25) is 0 Å². The normalized spacial score (nSPS) is 13.4. The number of alkyl halides is 3. The molecule has 0 spiro atoms. The number of hydrogen-bond acceptors (Lipinski definition) is 5. The van der Waals surface area contributed by atoms with Gasteiger partial charge in [-0.25, -0.2) is 19.9 Å². The van der Waals surface area contributed by atoms with Crippen LogP contribution in [-0.4, -0.2) is 34.9 Å². The van der Waals surface area contributed by atoms with Crippen molar-refractivity contribution < 1.29 is 17.4 Å². The van der Waals surface area contributed by atoms with E-state index in [1.807, 2.05) is 0 Å². The summed E-state index contributed by atoms with van der Waals surface area (Å²) in [5, 5.41) is 0.227. The number of imidazole rings is 1. The second-order valence-corrected chi connectivity index (χ2v) is 6.18. The molecule has 3 heterocycles. The second-order valence-electron chi connectivity index (χ2n) is 4.52. The first kappa shape index (κ1) is 15.5. The Balaban J connectivity index is 2.13. The van der Waals surface area contributed by atoms with Gasteiger partial charge in [-0.15, -0.1) is 0 Å². The first-order valence-corrected chi connectivity index (χ1v) is 7.84. The van der Waals surface area contributed by atoms with E-state index in [1.54, 1.807) is 6.92 Å². The minimum Gasteiger partial charge on any atom is -0.335 e. The molecule has 0 amide bonds. The van der Waals surface area contributed by atoms with Gasteiger partial charge in [0.15, 0.2) is 16.5 Å². The molecule has 1 unspecified atom stereocenters. The molecule has 0 aromatic carbocycles. The largest absolute Gasteiger partial charge is 0.417 e. The highest BCUT2D eigenvalue weighted by atomic mass is 32.2. The average molecular weight is 341 g/mol. The SMILES string of the molecule is CCS(=O)c1nccnc1-c1nc2ncc(C(F)(F)F)cc2[nH]1. The first-order chi connectivity index (χ1) is 10.9. The molecule has 0 radical (unpaired) electrons. The van der Waals surface area contributed by atoms with E-state index in [2.05, 4.69) is 24.9 Å².